The average molecular weight is 425 g/mol. The van der Waals surface area contributed by atoms with Crippen LogP contribution in [-0.4, -0.2) is 32.7 Å². The van der Waals surface area contributed by atoms with Crippen LogP contribution >= 0.6 is 15.9 Å². The lowest BCUT2D eigenvalue weighted by Gasteiger charge is -2.34. The Hall–Kier alpha value is -2.06. The second-order valence-corrected chi connectivity index (χ2v) is 8.60. The van der Waals surface area contributed by atoms with E-state index in [1.807, 2.05) is 6.07 Å². The van der Waals surface area contributed by atoms with Crippen molar-refractivity contribution in [2.24, 2.45) is 0 Å². The van der Waals surface area contributed by atoms with Gasteiger partial charge in [-0.15, -0.1) is 0 Å². The normalized spacial score (nSPS) is 16.7. The highest BCUT2D eigenvalue weighted by Gasteiger charge is 2.35. The van der Waals surface area contributed by atoms with E-state index in [-0.39, 0.29) is 12.3 Å². The Morgan fingerprint density at radius 2 is 2.04 bits per heavy atom. The summed E-state index contributed by atoms with van der Waals surface area (Å²) < 4.78 is 32.7. The molecular formula is C17H17BrN2O4S. The topological polar surface area (TPSA) is 75.7 Å². The molecule has 1 aliphatic heterocycles. The number of ether oxygens (including phenoxy) is 1. The molecule has 0 spiro atoms. The molecule has 132 valence electrons. The number of sulfonamides is 1. The molecule has 2 aromatic rings. The number of fused-ring (bicyclic) bond motifs is 1. The van der Waals surface area contributed by atoms with Crippen molar-refractivity contribution < 1.29 is 17.9 Å². The van der Waals surface area contributed by atoms with Crippen LogP contribution in [0, 0.1) is 0 Å². The van der Waals surface area contributed by atoms with Crippen molar-refractivity contribution in [3.05, 3.63) is 53.0 Å². The standard InChI is InChI=1S/C17H17BrN2O4S/c1-2-25(22,23)20-11-16(24-15-9-4-3-8-14(15)20)17(21)19-13-7-5-6-12(18)10-13/h3-10,16H,2,11H2,1H3,(H,19,21)/t16-/m1/s1. The summed E-state index contributed by atoms with van der Waals surface area (Å²) in [6.45, 7) is 1.51. The van der Waals surface area contributed by atoms with E-state index in [4.69, 9.17) is 4.74 Å². The fourth-order valence-corrected chi connectivity index (χ4v) is 4.07. The molecule has 0 saturated heterocycles. The molecule has 0 saturated carbocycles. The van der Waals surface area contributed by atoms with E-state index in [0.717, 1.165) is 4.47 Å². The van der Waals surface area contributed by atoms with Crippen molar-refractivity contribution in [1.82, 2.24) is 0 Å². The Morgan fingerprint density at radius 3 is 2.76 bits per heavy atom. The molecule has 1 aliphatic rings. The lowest BCUT2D eigenvalue weighted by atomic mass is 10.2. The van der Waals surface area contributed by atoms with Gasteiger partial charge in [-0.3, -0.25) is 9.10 Å². The summed E-state index contributed by atoms with van der Waals surface area (Å²) in [6.07, 6.45) is -0.935. The lowest BCUT2D eigenvalue weighted by molar-refractivity contribution is -0.122. The van der Waals surface area contributed by atoms with Crippen LogP contribution in [0.1, 0.15) is 6.92 Å². The van der Waals surface area contributed by atoms with E-state index in [2.05, 4.69) is 21.2 Å². The first kappa shape index (κ1) is 17.8. The third kappa shape index (κ3) is 3.80. The van der Waals surface area contributed by atoms with Gasteiger partial charge >= 0.3 is 0 Å². The minimum atomic E-state index is -3.51. The van der Waals surface area contributed by atoms with Crippen LogP contribution in [0.3, 0.4) is 0 Å². The molecule has 0 unspecified atom stereocenters. The van der Waals surface area contributed by atoms with Crippen LogP contribution in [0.5, 0.6) is 5.75 Å². The Labute approximate surface area is 155 Å². The second-order valence-electron chi connectivity index (χ2n) is 5.51. The number of carbonyl (C=O) groups excluding carboxylic acids is 1. The number of hydrogen-bond acceptors (Lipinski definition) is 4. The van der Waals surface area contributed by atoms with Gasteiger partial charge in [0.1, 0.15) is 5.75 Å². The summed E-state index contributed by atoms with van der Waals surface area (Å²) in [7, 11) is -3.51. The van der Waals surface area contributed by atoms with Gasteiger partial charge in [0.05, 0.1) is 18.0 Å². The van der Waals surface area contributed by atoms with Crippen molar-refractivity contribution in [2.75, 3.05) is 21.9 Å². The van der Waals surface area contributed by atoms with E-state index < -0.39 is 22.0 Å². The number of amides is 1. The molecule has 0 aliphatic carbocycles. The minimum absolute atomic E-state index is 0.0543. The molecule has 3 rings (SSSR count). The monoisotopic (exact) mass is 424 g/mol. The first-order chi connectivity index (χ1) is 11.9. The van der Waals surface area contributed by atoms with Gasteiger partial charge in [0, 0.05) is 10.2 Å². The summed E-state index contributed by atoms with van der Waals surface area (Å²) in [5.74, 6) is -0.0783. The number of carbonyl (C=O) groups is 1. The van der Waals surface area contributed by atoms with Gasteiger partial charge in [-0.05, 0) is 37.3 Å². The van der Waals surface area contributed by atoms with E-state index in [1.54, 1.807) is 49.4 Å². The highest BCUT2D eigenvalue weighted by atomic mass is 79.9. The largest absolute Gasteiger partial charge is 0.476 e. The smallest absolute Gasteiger partial charge is 0.267 e. The average Bonchev–Trinajstić information content (AvgIpc) is 2.60. The number of benzene rings is 2. The quantitative estimate of drug-likeness (QED) is 0.818. The molecule has 0 aromatic heterocycles. The molecule has 1 atom stereocenters. The Bertz CT molecular complexity index is 901. The zero-order valence-corrected chi connectivity index (χ0v) is 15.9. The number of rotatable bonds is 4. The van der Waals surface area contributed by atoms with Crippen molar-refractivity contribution in [2.45, 2.75) is 13.0 Å². The number of anilines is 2. The molecule has 1 heterocycles. The van der Waals surface area contributed by atoms with Gasteiger partial charge in [-0.2, -0.15) is 0 Å². The predicted molar refractivity (Wildman–Crippen MR) is 100 cm³/mol. The summed E-state index contributed by atoms with van der Waals surface area (Å²) in [6, 6.07) is 14.0. The third-order valence-electron chi connectivity index (χ3n) is 3.82. The van der Waals surface area contributed by atoms with Crippen LogP contribution in [0.4, 0.5) is 11.4 Å². The zero-order chi connectivity index (χ0) is 18.0. The van der Waals surface area contributed by atoms with Crippen molar-refractivity contribution in [1.29, 1.82) is 0 Å². The van der Waals surface area contributed by atoms with Crippen LogP contribution < -0.4 is 14.4 Å². The fourth-order valence-electron chi connectivity index (χ4n) is 2.55. The third-order valence-corrected chi connectivity index (χ3v) is 6.06. The van der Waals surface area contributed by atoms with Gasteiger partial charge in [0.25, 0.3) is 5.91 Å². The number of halogens is 1. The molecule has 0 fully saturated rings. The molecule has 2 aromatic carbocycles. The number of nitrogens with one attached hydrogen (secondary N) is 1. The molecule has 1 amide bonds. The van der Waals surface area contributed by atoms with Crippen LogP contribution in [0.15, 0.2) is 53.0 Å². The van der Waals surface area contributed by atoms with Crippen molar-refractivity contribution in [3.8, 4) is 5.75 Å². The van der Waals surface area contributed by atoms with Gasteiger partial charge in [0.15, 0.2) is 6.10 Å². The molecule has 25 heavy (non-hydrogen) atoms. The highest BCUT2D eigenvalue weighted by Crippen LogP contribution is 2.35. The highest BCUT2D eigenvalue weighted by molar-refractivity contribution is 9.10. The Morgan fingerprint density at radius 1 is 1.28 bits per heavy atom. The first-order valence-corrected chi connectivity index (χ1v) is 10.1. The SMILES string of the molecule is CCS(=O)(=O)N1C[C@H](C(=O)Nc2cccc(Br)c2)Oc2ccccc21. The summed E-state index contributed by atoms with van der Waals surface area (Å²) in [4.78, 5) is 12.6. The maximum absolute atomic E-state index is 12.6. The number of para-hydroxylation sites is 2. The van der Waals surface area contributed by atoms with E-state index in [0.29, 0.717) is 17.1 Å². The first-order valence-electron chi connectivity index (χ1n) is 7.73. The zero-order valence-electron chi connectivity index (χ0n) is 13.5. The van der Waals surface area contributed by atoms with Crippen LogP contribution in [0.25, 0.3) is 0 Å². The summed E-state index contributed by atoms with van der Waals surface area (Å²) in [5, 5.41) is 2.76. The van der Waals surface area contributed by atoms with Gasteiger partial charge in [0.2, 0.25) is 10.0 Å². The van der Waals surface area contributed by atoms with Crippen molar-refractivity contribution in [3.63, 3.8) is 0 Å². The van der Waals surface area contributed by atoms with Gasteiger partial charge < -0.3 is 10.1 Å². The maximum atomic E-state index is 12.6. The van der Waals surface area contributed by atoms with E-state index in [1.165, 1.54) is 4.31 Å². The molecule has 0 bridgehead atoms. The Balaban J connectivity index is 1.87. The molecule has 1 N–H and O–H groups in total. The maximum Gasteiger partial charge on any atom is 0.267 e. The molecular weight excluding hydrogens is 408 g/mol. The van der Waals surface area contributed by atoms with E-state index >= 15 is 0 Å². The second kappa shape index (κ2) is 7.05. The van der Waals surface area contributed by atoms with Crippen LogP contribution in [-0.2, 0) is 14.8 Å². The molecule has 6 nitrogen and oxygen atoms in total. The minimum Gasteiger partial charge on any atom is -0.476 e. The predicted octanol–water partition coefficient (Wildman–Crippen LogP) is 3.00. The van der Waals surface area contributed by atoms with Gasteiger partial charge in [-0.1, -0.05) is 34.1 Å². The van der Waals surface area contributed by atoms with E-state index in [9.17, 15) is 13.2 Å². The lowest BCUT2D eigenvalue weighted by Crippen LogP contribution is -2.49. The number of nitrogens with zero attached hydrogens (tertiary/aromatic N) is 1. The molecule has 0 radical (unpaired) electrons. The van der Waals surface area contributed by atoms with Crippen LogP contribution in [0.2, 0.25) is 0 Å². The van der Waals surface area contributed by atoms with Gasteiger partial charge in [-0.25, -0.2) is 8.42 Å². The fraction of sp³-hybridized carbons (Fsp3) is 0.235. The number of hydrogen-bond donors (Lipinski definition) is 1. The Kier molecular flexibility index (Phi) is 5.01. The summed E-state index contributed by atoms with van der Waals surface area (Å²) in [5.41, 5.74) is 1.06. The summed E-state index contributed by atoms with van der Waals surface area (Å²) >= 11 is 3.34. The molecule has 8 heteroatoms. The van der Waals surface area contributed by atoms with Crippen molar-refractivity contribution >= 4 is 43.2 Å².